The van der Waals surface area contributed by atoms with Crippen molar-refractivity contribution >= 4 is 11.5 Å². The molecule has 0 radical (unpaired) electrons. The van der Waals surface area contributed by atoms with Crippen molar-refractivity contribution < 1.29 is 0 Å². The topological polar surface area (TPSA) is 50.9 Å². The second-order valence-corrected chi connectivity index (χ2v) is 4.94. The Kier molecular flexibility index (Phi) is 3.32. The van der Waals surface area contributed by atoms with Crippen LogP contribution >= 0.6 is 0 Å². The van der Waals surface area contributed by atoms with Gasteiger partial charge in [-0.3, -0.25) is 0 Å². The molecule has 0 aromatic carbocycles. The van der Waals surface area contributed by atoms with Gasteiger partial charge in [0.25, 0.3) is 0 Å². The summed E-state index contributed by atoms with van der Waals surface area (Å²) in [6.07, 6.45) is 7.09. The summed E-state index contributed by atoms with van der Waals surface area (Å²) in [6.45, 7) is 4.30. The van der Waals surface area contributed by atoms with Gasteiger partial charge in [-0.15, -0.1) is 0 Å². The maximum Gasteiger partial charge on any atom is 0.128 e. The van der Waals surface area contributed by atoms with Crippen LogP contribution in [-0.4, -0.2) is 11.0 Å². The summed E-state index contributed by atoms with van der Waals surface area (Å²) in [5, 5.41) is 3.51. The minimum Gasteiger partial charge on any atom is -0.398 e. The van der Waals surface area contributed by atoms with E-state index in [-0.39, 0.29) is 0 Å². The third-order valence-corrected chi connectivity index (χ3v) is 3.59. The number of rotatable bonds is 2. The molecule has 1 saturated carbocycles. The van der Waals surface area contributed by atoms with Crippen LogP contribution in [-0.2, 0) is 0 Å². The maximum absolute atomic E-state index is 5.88. The molecule has 1 aromatic heterocycles. The van der Waals surface area contributed by atoms with Crippen molar-refractivity contribution in [2.45, 2.75) is 45.6 Å². The fourth-order valence-electron chi connectivity index (χ4n) is 2.34. The lowest BCUT2D eigenvalue weighted by atomic mass is 9.86. The minimum absolute atomic E-state index is 0.559. The molecule has 1 aliphatic carbocycles. The monoisotopic (exact) mass is 219 g/mol. The predicted molar refractivity (Wildman–Crippen MR) is 68.4 cm³/mol. The molecule has 2 atom stereocenters. The Hall–Kier alpha value is -1.25. The van der Waals surface area contributed by atoms with Gasteiger partial charge in [0.15, 0.2) is 0 Å². The first-order valence-electron chi connectivity index (χ1n) is 6.15. The van der Waals surface area contributed by atoms with Crippen molar-refractivity contribution in [3.63, 3.8) is 0 Å². The molecule has 2 rings (SSSR count). The van der Waals surface area contributed by atoms with E-state index in [1.807, 2.05) is 19.2 Å². The van der Waals surface area contributed by atoms with Crippen LogP contribution in [0.25, 0.3) is 0 Å². The van der Waals surface area contributed by atoms with Gasteiger partial charge in [-0.1, -0.05) is 19.8 Å². The third-order valence-electron chi connectivity index (χ3n) is 3.59. The number of pyridine rings is 1. The van der Waals surface area contributed by atoms with Gasteiger partial charge >= 0.3 is 0 Å². The van der Waals surface area contributed by atoms with Gasteiger partial charge in [-0.2, -0.15) is 0 Å². The van der Waals surface area contributed by atoms with E-state index in [0.29, 0.717) is 6.04 Å². The molecule has 1 heterocycles. The average molecular weight is 219 g/mol. The number of aromatic nitrogens is 1. The van der Waals surface area contributed by atoms with E-state index in [9.17, 15) is 0 Å². The van der Waals surface area contributed by atoms with E-state index in [1.54, 1.807) is 0 Å². The van der Waals surface area contributed by atoms with Crippen LogP contribution in [0.3, 0.4) is 0 Å². The number of nitrogens with one attached hydrogen (secondary N) is 1. The lowest BCUT2D eigenvalue weighted by Crippen LogP contribution is -2.30. The van der Waals surface area contributed by atoms with Crippen molar-refractivity contribution in [1.29, 1.82) is 0 Å². The lowest BCUT2D eigenvalue weighted by Gasteiger charge is -2.30. The number of nitrogens with two attached hydrogens (primary N) is 1. The molecule has 0 aliphatic heterocycles. The summed E-state index contributed by atoms with van der Waals surface area (Å²) in [4.78, 5) is 4.38. The second kappa shape index (κ2) is 4.73. The number of anilines is 2. The van der Waals surface area contributed by atoms with Gasteiger partial charge in [0.05, 0.1) is 0 Å². The normalized spacial score (nSPS) is 25.4. The molecule has 3 N–H and O–H groups in total. The molecule has 0 amide bonds. The van der Waals surface area contributed by atoms with Gasteiger partial charge in [0, 0.05) is 24.0 Å². The SMILES string of the molecule is Cc1cnc(NC2CCCCC2C)cc1N. The highest BCUT2D eigenvalue weighted by atomic mass is 15.0. The first kappa shape index (κ1) is 11.2. The first-order valence-corrected chi connectivity index (χ1v) is 6.15. The quantitative estimate of drug-likeness (QED) is 0.804. The van der Waals surface area contributed by atoms with Crippen LogP contribution < -0.4 is 11.1 Å². The molecule has 0 saturated heterocycles. The lowest BCUT2D eigenvalue weighted by molar-refractivity contribution is 0.349. The van der Waals surface area contributed by atoms with E-state index in [4.69, 9.17) is 5.73 Å². The van der Waals surface area contributed by atoms with Gasteiger partial charge in [0.2, 0.25) is 0 Å². The zero-order valence-corrected chi connectivity index (χ0v) is 10.2. The van der Waals surface area contributed by atoms with Crippen molar-refractivity contribution in [2.75, 3.05) is 11.1 Å². The van der Waals surface area contributed by atoms with Crippen molar-refractivity contribution in [3.05, 3.63) is 17.8 Å². The predicted octanol–water partition coefficient (Wildman–Crippen LogP) is 2.96. The third kappa shape index (κ3) is 2.46. The molecule has 1 aromatic rings. The van der Waals surface area contributed by atoms with E-state index in [2.05, 4.69) is 17.2 Å². The minimum atomic E-state index is 0.559. The smallest absolute Gasteiger partial charge is 0.128 e. The molecular weight excluding hydrogens is 198 g/mol. The van der Waals surface area contributed by atoms with E-state index in [1.165, 1.54) is 25.7 Å². The zero-order chi connectivity index (χ0) is 11.5. The number of nitrogens with zero attached hydrogens (tertiary/aromatic N) is 1. The van der Waals surface area contributed by atoms with Crippen molar-refractivity contribution in [3.8, 4) is 0 Å². The molecular formula is C13H21N3. The summed E-state index contributed by atoms with van der Waals surface area (Å²) in [7, 11) is 0. The molecule has 1 aliphatic rings. The molecule has 3 nitrogen and oxygen atoms in total. The van der Waals surface area contributed by atoms with Crippen LogP contribution in [0.2, 0.25) is 0 Å². The number of hydrogen-bond acceptors (Lipinski definition) is 3. The Balaban J connectivity index is 2.05. The Morgan fingerprint density at radius 3 is 2.81 bits per heavy atom. The number of aryl methyl sites for hydroxylation is 1. The van der Waals surface area contributed by atoms with Crippen LogP contribution in [0.1, 0.15) is 38.2 Å². The molecule has 16 heavy (non-hydrogen) atoms. The fraction of sp³-hybridized carbons (Fsp3) is 0.615. The molecule has 0 spiro atoms. The maximum atomic E-state index is 5.88. The number of hydrogen-bond donors (Lipinski definition) is 2. The van der Waals surface area contributed by atoms with E-state index >= 15 is 0 Å². The van der Waals surface area contributed by atoms with Crippen molar-refractivity contribution in [1.82, 2.24) is 4.98 Å². The molecule has 0 bridgehead atoms. The van der Waals surface area contributed by atoms with Crippen LogP contribution in [0, 0.1) is 12.8 Å². The van der Waals surface area contributed by atoms with Gasteiger partial charge in [-0.05, 0) is 31.2 Å². The number of nitrogen functional groups attached to an aromatic ring is 1. The largest absolute Gasteiger partial charge is 0.398 e. The molecule has 1 fully saturated rings. The Labute approximate surface area is 97.5 Å². The average Bonchev–Trinajstić information content (AvgIpc) is 2.27. The zero-order valence-electron chi connectivity index (χ0n) is 10.2. The highest BCUT2D eigenvalue weighted by Gasteiger charge is 2.21. The Morgan fingerprint density at radius 2 is 2.12 bits per heavy atom. The highest BCUT2D eigenvalue weighted by Crippen LogP contribution is 2.26. The van der Waals surface area contributed by atoms with Gasteiger partial charge < -0.3 is 11.1 Å². The van der Waals surface area contributed by atoms with Crippen LogP contribution in [0.4, 0.5) is 11.5 Å². The van der Waals surface area contributed by atoms with Gasteiger partial charge in [-0.25, -0.2) is 4.98 Å². The molecule has 88 valence electrons. The fourth-order valence-corrected chi connectivity index (χ4v) is 2.34. The van der Waals surface area contributed by atoms with Crippen molar-refractivity contribution in [2.24, 2.45) is 5.92 Å². The first-order chi connectivity index (χ1) is 7.66. The van der Waals surface area contributed by atoms with Gasteiger partial charge in [0.1, 0.15) is 5.82 Å². The highest BCUT2D eigenvalue weighted by molar-refractivity contribution is 5.53. The Bertz CT molecular complexity index is 362. The summed E-state index contributed by atoms with van der Waals surface area (Å²) in [5.74, 6) is 1.65. The summed E-state index contributed by atoms with van der Waals surface area (Å²) >= 11 is 0. The van der Waals surface area contributed by atoms with Crippen LogP contribution in [0.5, 0.6) is 0 Å². The van der Waals surface area contributed by atoms with Crippen LogP contribution in [0.15, 0.2) is 12.3 Å². The summed E-state index contributed by atoms with van der Waals surface area (Å²) in [5.41, 5.74) is 7.74. The standard InChI is InChI=1S/C13H21N3/c1-9-5-3-4-6-12(9)16-13-7-11(14)10(2)8-15-13/h7-9,12H,3-6H2,1-2H3,(H3,14,15,16). The second-order valence-electron chi connectivity index (χ2n) is 4.94. The Morgan fingerprint density at radius 1 is 1.38 bits per heavy atom. The van der Waals surface area contributed by atoms with E-state index < -0.39 is 0 Å². The molecule has 3 heteroatoms. The summed E-state index contributed by atoms with van der Waals surface area (Å²) < 4.78 is 0. The van der Waals surface area contributed by atoms with E-state index in [0.717, 1.165) is 23.0 Å². The molecule has 2 unspecified atom stereocenters. The summed E-state index contributed by atoms with van der Waals surface area (Å²) in [6, 6.07) is 2.50.